The molecule has 0 N–H and O–H groups in total. The van der Waals surface area contributed by atoms with Crippen LogP contribution < -0.4 is 0 Å². The molecular formula is C23H30O3. The van der Waals surface area contributed by atoms with Crippen LogP contribution in [0.5, 0.6) is 0 Å². The molecule has 0 aromatic rings. The first-order chi connectivity index (χ1) is 12.5. The normalized spacial score (nSPS) is 46.2. The number of Topliss-reactive ketones (excluding diaryl/α,β-unsaturated/α-hetero) is 1. The van der Waals surface area contributed by atoms with Crippen LogP contribution in [0.25, 0.3) is 0 Å². The quantitative estimate of drug-likeness (QED) is 0.521. The third-order valence-electron chi connectivity index (χ3n) is 8.77. The van der Waals surface area contributed by atoms with E-state index >= 15 is 0 Å². The Labute approximate surface area is 156 Å². The first-order valence-electron chi connectivity index (χ1n) is 10.5. The average molecular weight is 354 g/mol. The Bertz CT molecular complexity index is 695. The maximum absolute atomic E-state index is 12.6. The fourth-order valence-electron chi connectivity index (χ4n) is 7.44. The van der Waals surface area contributed by atoms with Crippen molar-refractivity contribution in [3.8, 4) is 12.3 Å². The molecule has 1 heterocycles. The lowest BCUT2D eigenvalue weighted by Crippen LogP contribution is -2.53. The van der Waals surface area contributed by atoms with Crippen molar-refractivity contribution in [3.63, 3.8) is 0 Å². The van der Waals surface area contributed by atoms with Crippen LogP contribution >= 0.6 is 0 Å². The van der Waals surface area contributed by atoms with Crippen molar-refractivity contribution in [1.82, 2.24) is 0 Å². The zero-order valence-electron chi connectivity index (χ0n) is 15.9. The molecule has 3 saturated carbocycles. The van der Waals surface area contributed by atoms with E-state index in [0.717, 1.165) is 57.8 Å². The van der Waals surface area contributed by atoms with Gasteiger partial charge in [0, 0.05) is 36.5 Å². The highest BCUT2D eigenvalue weighted by Crippen LogP contribution is 2.66. The second-order valence-corrected chi connectivity index (χ2v) is 9.58. The summed E-state index contributed by atoms with van der Waals surface area (Å²) in [7, 11) is 0. The minimum atomic E-state index is -0.386. The molecule has 0 bridgehead atoms. The van der Waals surface area contributed by atoms with Gasteiger partial charge in [-0.1, -0.05) is 18.6 Å². The van der Waals surface area contributed by atoms with Crippen LogP contribution in [-0.2, 0) is 14.3 Å². The van der Waals surface area contributed by atoms with Crippen molar-refractivity contribution >= 4 is 5.78 Å². The van der Waals surface area contributed by atoms with Gasteiger partial charge in [0.15, 0.2) is 5.79 Å². The van der Waals surface area contributed by atoms with Gasteiger partial charge in [-0.3, -0.25) is 4.79 Å². The van der Waals surface area contributed by atoms with Gasteiger partial charge in [0.2, 0.25) is 0 Å². The first kappa shape index (κ1) is 17.0. The molecule has 0 amide bonds. The lowest BCUT2D eigenvalue weighted by Gasteiger charge is -2.58. The first-order valence-corrected chi connectivity index (χ1v) is 10.5. The third kappa shape index (κ3) is 2.12. The number of carbonyl (C=O) groups is 1. The highest BCUT2D eigenvalue weighted by atomic mass is 16.7. The molecule has 5 aliphatic rings. The van der Waals surface area contributed by atoms with Gasteiger partial charge >= 0.3 is 0 Å². The minimum absolute atomic E-state index is 0.0720. The summed E-state index contributed by atoms with van der Waals surface area (Å²) >= 11 is 0. The van der Waals surface area contributed by atoms with Gasteiger partial charge in [0.05, 0.1) is 13.2 Å². The summed E-state index contributed by atoms with van der Waals surface area (Å²) < 4.78 is 12.1. The van der Waals surface area contributed by atoms with E-state index in [9.17, 15) is 4.79 Å². The Hall–Kier alpha value is -1.11. The van der Waals surface area contributed by atoms with Crippen LogP contribution in [0.1, 0.15) is 64.7 Å². The van der Waals surface area contributed by atoms with E-state index in [-0.39, 0.29) is 16.6 Å². The number of terminal acetylenes is 1. The summed E-state index contributed by atoms with van der Waals surface area (Å²) in [5, 5.41) is 0. The summed E-state index contributed by atoms with van der Waals surface area (Å²) in [6, 6.07) is 0. The molecule has 140 valence electrons. The van der Waals surface area contributed by atoms with Crippen LogP contribution in [0, 0.1) is 40.9 Å². The van der Waals surface area contributed by atoms with Gasteiger partial charge in [0.1, 0.15) is 5.78 Å². The van der Waals surface area contributed by atoms with E-state index in [2.05, 4.69) is 18.9 Å². The number of allylic oxidation sites excluding steroid dienone is 1. The lowest BCUT2D eigenvalue weighted by molar-refractivity contribution is -0.186. The SMILES string of the molecule is C#CC[C@]12CCC3(CC1=CC[C@@H]1[C@@H]2CC[C@]2(C)C(=O)CC[C@@H]12)OCCO3. The monoisotopic (exact) mass is 354 g/mol. The molecular weight excluding hydrogens is 324 g/mol. The number of ether oxygens (including phenoxy) is 2. The molecule has 1 saturated heterocycles. The molecule has 0 aromatic carbocycles. The van der Waals surface area contributed by atoms with Crippen LogP contribution in [0.4, 0.5) is 0 Å². The minimum Gasteiger partial charge on any atom is -0.347 e. The van der Waals surface area contributed by atoms with Crippen molar-refractivity contribution in [1.29, 1.82) is 0 Å². The molecule has 3 nitrogen and oxygen atoms in total. The smallest absolute Gasteiger partial charge is 0.172 e. The van der Waals surface area contributed by atoms with Gasteiger partial charge < -0.3 is 9.47 Å². The number of fused-ring (bicyclic) bond motifs is 5. The maximum atomic E-state index is 12.6. The van der Waals surface area contributed by atoms with Crippen LogP contribution in [-0.4, -0.2) is 24.8 Å². The number of rotatable bonds is 1. The molecule has 4 fully saturated rings. The Kier molecular flexibility index (Phi) is 3.73. The average Bonchev–Trinajstić information content (AvgIpc) is 3.21. The van der Waals surface area contributed by atoms with E-state index in [1.54, 1.807) is 0 Å². The van der Waals surface area contributed by atoms with E-state index in [1.807, 2.05) is 0 Å². The van der Waals surface area contributed by atoms with E-state index in [1.165, 1.54) is 5.57 Å². The largest absolute Gasteiger partial charge is 0.347 e. The van der Waals surface area contributed by atoms with Gasteiger partial charge in [-0.15, -0.1) is 12.3 Å². The second-order valence-electron chi connectivity index (χ2n) is 9.58. The Morgan fingerprint density at radius 3 is 2.77 bits per heavy atom. The van der Waals surface area contributed by atoms with Gasteiger partial charge in [-0.05, 0) is 49.9 Å². The predicted octanol–water partition coefficient (Wildman–Crippen LogP) is 4.26. The van der Waals surface area contributed by atoms with Crippen molar-refractivity contribution in [2.45, 2.75) is 70.5 Å². The number of ketones is 1. The Balaban J connectivity index is 1.51. The number of hydrogen-bond donors (Lipinski definition) is 0. The standard InChI is InChI=1S/C23H30O3/c1-3-9-22-11-12-23(25-13-14-26-23)15-16(22)4-5-17-18-6-7-20(24)21(18,2)10-8-19(17)22/h1,4,17-19H,5-15H2,2H3/t17-,18-,19-,21-,22-/m0/s1. The fraction of sp³-hybridized carbons (Fsp3) is 0.783. The molecule has 4 aliphatic carbocycles. The van der Waals surface area contributed by atoms with E-state index in [0.29, 0.717) is 36.8 Å². The summed E-state index contributed by atoms with van der Waals surface area (Å²) in [6.45, 7) is 3.67. The van der Waals surface area contributed by atoms with Crippen molar-refractivity contribution < 1.29 is 14.3 Å². The maximum Gasteiger partial charge on any atom is 0.172 e. The molecule has 5 rings (SSSR count). The predicted molar refractivity (Wildman–Crippen MR) is 99.1 cm³/mol. The van der Waals surface area contributed by atoms with Crippen molar-refractivity contribution in [2.24, 2.45) is 28.6 Å². The summed E-state index contributed by atoms with van der Waals surface area (Å²) in [5.74, 6) is 4.95. The Morgan fingerprint density at radius 2 is 2.00 bits per heavy atom. The molecule has 0 unspecified atom stereocenters. The van der Waals surface area contributed by atoms with E-state index in [4.69, 9.17) is 15.9 Å². The molecule has 5 atom stereocenters. The number of hydrogen-bond acceptors (Lipinski definition) is 3. The molecule has 0 radical (unpaired) electrons. The van der Waals surface area contributed by atoms with Crippen molar-refractivity contribution in [3.05, 3.63) is 11.6 Å². The molecule has 26 heavy (non-hydrogen) atoms. The van der Waals surface area contributed by atoms with Gasteiger partial charge in [-0.25, -0.2) is 0 Å². The summed E-state index contributed by atoms with van der Waals surface area (Å²) in [5.41, 5.74) is 1.54. The number of carbonyl (C=O) groups excluding carboxylic acids is 1. The zero-order valence-corrected chi connectivity index (χ0v) is 15.9. The van der Waals surface area contributed by atoms with Crippen molar-refractivity contribution in [2.75, 3.05) is 13.2 Å². The molecule has 0 aromatic heterocycles. The summed E-state index contributed by atoms with van der Waals surface area (Å²) in [4.78, 5) is 12.6. The Morgan fingerprint density at radius 1 is 1.19 bits per heavy atom. The zero-order chi connectivity index (χ0) is 18.0. The second kappa shape index (κ2) is 5.69. The van der Waals surface area contributed by atoms with E-state index < -0.39 is 0 Å². The van der Waals surface area contributed by atoms with Crippen LogP contribution in [0.2, 0.25) is 0 Å². The topological polar surface area (TPSA) is 35.5 Å². The fourth-order valence-corrected chi connectivity index (χ4v) is 7.44. The summed E-state index contributed by atoms with van der Waals surface area (Å²) in [6.07, 6.45) is 17.3. The highest BCUT2D eigenvalue weighted by molar-refractivity contribution is 5.87. The highest BCUT2D eigenvalue weighted by Gasteiger charge is 2.61. The molecule has 1 spiro atoms. The molecule has 1 aliphatic heterocycles. The third-order valence-corrected chi connectivity index (χ3v) is 8.77. The lowest BCUT2D eigenvalue weighted by atomic mass is 9.46. The molecule has 3 heteroatoms. The van der Waals surface area contributed by atoms with Crippen LogP contribution in [0.15, 0.2) is 11.6 Å². The van der Waals surface area contributed by atoms with Gasteiger partial charge in [-0.2, -0.15) is 0 Å². The van der Waals surface area contributed by atoms with Crippen LogP contribution in [0.3, 0.4) is 0 Å². The van der Waals surface area contributed by atoms with Gasteiger partial charge in [0.25, 0.3) is 0 Å².